The summed E-state index contributed by atoms with van der Waals surface area (Å²) in [5, 5.41) is 3.20. The van der Waals surface area contributed by atoms with E-state index < -0.39 is 0 Å². The number of nitrogens with zero attached hydrogens (tertiary/aromatic N) is 2. The molecule has 92 valence electrons. The minimum absolute atomic E-state index is 0.381. The van der Waals surface area contributed by atoms with Gasteiger partial charge in [0.25, 0.3) is 0 Å². The number of fused-ring (bicyclic) bond motifs is 1. The Kier molecular flexibility index (Phi) is 3.20. The van der Waals surface area contributed by atoms with Crippen molar-refractivity contribution in [3.05, 3.63) is 17.1 Å². The predicted molar refractivity (Wildman–Crippen MR) is 69.4 cm³/mol. The molecule has 4 nitrogen and oxygen atoms in total. The number of nitrogens with one attached hydrogen (secondary N) is 1. The van der Waals surface area contributed by atoms with Crippen molar-refractivity contribution in [2.45, 2.75) is 30.3 Å². The first-order chi connectivity index (χ1) is 8.38. The molecule has 1 N–H and O–H groups in total. The maximum atomic E-state index is 5.52. The van der Waals surface area contributed by atoms with E-state index in [0.29, 0.717) is 5.92 Å². The molecule has 3 heterocycles. The van der Waals surface area contributed by atoms with Gasteiger partial charge in [-0.05, 0) is 12.8 Å². The fraction of sp³-hybridized carbons (Fsp3) is 0.667. The van der Waals surface area contributed by atoms with Gasteiger partial charge < -0.3 is 10.1 Å². The van der Waals surface area contributed by atoms with E-state index in [9.17, 15) is 0 Å². The third kappa shape index (κ3) is 2.13. The van der Waals surface area contributed by atoms with Crippen LogP contribution in [0.15, 0.2) is 0 Å². The van der Waals surface area contributed by atoms with Crippen LogP contribution in [0.2, 0.25) is 0 Å². The molecule has 0 radical (unpaired) electrons. The zero-order valence-corrected chi connectivity index (χ0v) is 10.8. The second kappa shape index (κ2) is 4.82. The molecule has 0 aliphatic carbocycles. The van der Waals surface area contributed by atoms with Crippen LogP contribution in [0.3, 0.4) is 0 Å². The lowest BCUT2D eigenvalue weighted by Crippen LogP contribution is -2.19. The minimum Gasteiger partial charge on any atom is -0.381 e. The van der Waals surface area contributed by atoms with Crippen LogP contribution in [0.1, 0.15) is 35.8 Å². The molecule has 1 saturated heterocycles. The van der Waals surface area contributed by atoms with Crippen LogP contribution in [0.4, 0.5) is 5.82 Å². The molecular weight excluding hydrogens is 234 g/mol. The molecule has 1 atom stereocenters. The summed E-state index contributed by atoms with van der Waals surface area (Å²) in [5.41, 5.74) is 2.51. The molecule has 0 spiro atoms. The monoisotopic (exact) mass is 251 g/mol. The number of aromatic nitrogens is 2. The van der Waals surface area contributed by atoms with Gasteiger partial charge in [0.05, 0.1) is 12.3 Å². The molecule has 1 fully saturated rings. The van der Waals surface area contributed by atoms with Gasteiger partial charge in [-0.15, -0.1) is 0 Å². The minimum atomic E-state index is 0.381. The van der Waals surface area contributed by atoms with E-state index in [1.807, 2.05) is 18.8 Å². The summed E-state index contributed by atoms with van der Waals surface area (Å²) in [4.78, 5) is 9.40. The van der Waals surface area contributed by atoms with E-state index in [4.69, 9.17) is 9.72 Å². The molecule has 0 bridgehead atoms. The Bertz CT molecular complexity index is 418. The molecule has 5 heteroatoms. The summed E-state index contributed by atoms with van der Waals surface area (Å²) in [6, 6.07) is 0. The third-order valence-corrected chi connectivity index (χ3v) is 4.33. The summed E-state index contributed by atoms with van der Waals surface area (Å²) in [5.74, 6) is 4.42. The summed E-state index contributed by atoms with van der Waals surface area (Å²) < 4.78 is 5.52. The van der Waals surface area contributed by atoms with Crippen LogP contribution < -0.4 is 5.32 Å². The lowest BCUT2D eigenvalue weighted by atomic mass is 10.0. The average molecular weight is 251 g/mol. The van der Waals surface area contributed by atoms with Gasteiger partial charge in [-0.1, -0.05) is 0 Å². The average Bonchev–Trinajstić information content (AvgIpc) is 2.86. The summed E-state index contributed by atoms with van der Waals surface area (Å²) in [6.07, 6.45) is 2.27. The summed E-state index contributed by atoms with van der Waals surface area (Å²) in [7, 11) is 1.94. The highest BCUT2D eigenvalue weighted by Gasteiger charge is 2.24. The lowest BCUT2D eigenvalue weighted by molar-refractivity contribution is 0.0780. The highest BCUT2D eigenvalue weighted by molar-refractivity contribution is 7.98. The number of rotatable bonds is 2. The molecule has 3 rings (SSSR count). The highest BCUT2D eigenvalue weighted by atomic mass is 32.2. The Hall–Kier alpha value is -0.810. The molecule has 0 amide bonds. The molecule has 0 saturated carbocycles. The van der Waals surface area contributed by atoms with Crippen molar-refractivity contribution in [1.82, 2.24) is 9.97 Å². The number of hydrogen-bond donors (Lipinski definition) is 1. The van der Waals surface area contributed by atoms with Gasteiger partial charge in [0.2, 0.25) is 0 Å². The SMILES string of the molecule is CNc1nc(C2CCCOC2)nc2c1CSC2. The molecule has 0 aromatic carbocycles. The van der Waals surface area contributed by atoms with Gasteiger partial charge >= 0.3 is 0 Å². The van der Waals surface area contributed by atoms with Crippen molar-refractivity contribution in [2.75, 3.05) is 25.6 Å². The van der Waals surface area contributed by atoms with Crippen molar-refractivity contribution in [3.8, 4) is 0 Å². The largest absolute Gasteiger partial charge is 0.381 e. The molecule has 2 aliphatic rings. The van der Waals surface area contributed by atoms with Gasteiger partial charge in [0.1, 0.15) is 11.6 Å². The van der Waals surface area contributed by atoms with Crippen LogP contribution in [0, 0.1) is 0 Å². The van der Waals surface area contributed by atoms with Crippen LogP contribution >= 0.6 is 11.8 Å². The maximum absolute atomic E-state index is 5.52. The van der Waals surface area contributed by atoms with Gasteiger partial charge in [0, 0.05) is 36.6 Å². The molecule has 1 aromatic heterocycles. The molecule has 17 heavy (non-hydrogen) atoms. The maximum Gasteiger partial charge on any atom is 0.136 e. The normalized spacial score (nSPS) is 23.5. The fourth-order valence-corrected chi connectivity index (χ4v) is 3.45. The Labute approximate surface area is 106 Å². The number of thioether (sulfide) groups is 1. The van der Waals surface area contributed by atoms with Gasteiger partial charge in [-0.25, -0.2) is 9.97 Å². The quantitative estimate of drug-likeness (QED) is 0.872. The predicted octanol–water partition coefficient (Wildman–Crippen LogP) is 2.16. The lowest BCUT2D eigenvalue weighted by Gasteiger charge is -2.21. The Balaban J connectivity index is 1.94. The Morgan fingerprint density at radius 1 is 1.35 bits per heavy atom. The van der Waals surface area contributed by atoms with Crippen molar-refractivity contribution in [2.24, 2.45) is 0 Å². The third-order valence-electron chi connectivity index (χ3n) is 3.36. The molecular formula is C12H17N3OS. The topological polar surface area (TPSA) is 47.0 Å². The van der Waals surface area contributed by atoms with Gasteiger partial charge in [-0.3, -0.25) is 0 Å². The molecule has 1 aromatic rings. The van der Waals surface area contributed by atoms with E-state index in [-0.39, 0.29) is 0 Å². The summed E-state index contributed by atoms with van der Waals surface area (Å²) in [6.45, 7) is 1.66. The van der Waals surface area contributed by atoms with Crippen molar-refractivity contribution in [1.29, 1.82) is 0 Å². The zero-order chi connectivity index (χ0) is 11.7. The zero-order valence-electron chi connectivity index (χ0n) is 10.0. The first-order valence-corrected chi connectivity index (χ1v) is 7.27. The molecule has 2 aliphatic heterocycles. The number of anilines is 1. The van der Waals surface area contributed by atoms with Crippen molar-refractivity contribution in [3.63, 3.8) is 0 Å². The molecule has 1 unspecified atom stereocenters. The van der Waals surface area contributed by atoms with Crippen LogP contribution in [-0.4, -0.2) is 30.2 Å². The second-order valence-electron chi connectivity index (χ2n) is 4.51. The van der Waals surface area contributed by atoms with Crippen molar-refractivity contribution >= 4 is 17.6 Å². The van der Waals surface area contributed by atoms with Crippen molar-refractivity contribution < 1.29 is 4.74 Å². The van der Waals surface area contributed by atoms with Gasteiger partial charge in [-0.2, -0.15) is 11.8 Å². The van der Waals surface area contributed by atoms with Crippen LogP contribution in [0.5, 0.6) is 0 Å². The second-order valence-corrected chi connectivity index (χ2v) is 5.50. The Morgan fingerprint density at radius 3 is 3.06 bits per heavy atom. The van der Waals surface area contributed by atoms with E-state index in [1.165, 1.54) is 11.3 Å². The van der Waals surface area contributed by atoms with E-state index >= 15 is 0 Å². The number of ether oxygens (including phenoxy) is 1. The standard InChI is InChI=1S/C12H17N3OS/c1-13-12-9-6-17-7-10(9)14-11(15-12)8-3-2-4-16-5-8/h8H,2-7H2,1H3,(H,13,14,15). The van der Waals surface area contributed by atoms with Crippen LogP contribution in [0.25, 0.3) is 0 Å². The van der Waals surface area contributed by atoms with E-state index in [0.717, 1.165) is 49.2 Å². The summed E-state index contributed by atoms with van der Waals surface area (Å²) >= 11 is 1.91. The smallest absolute Gasteiger partial charge is 0.136 e. The number of hydrogen-bond acceptors (Lipinski definition) is 5. The van der Waals surface area contributed by atoms with Crippen LogP contribution in [-0.2, 0) is 16.2 Å². The van der Waals surface area contributed by atoms with E-state index in [1.54, 1.807) is 0 Å². The highest BCUT2D eigenvalue weighted by Crippen LogP contribution is 2.34. The fourth-order valence-electron chi connectivity index (χ4n) is 2.40. The van der Waals surface area contributed by atoms with E-state index in [2.05, 4.69) is 10.3 Å². The van der Waals surface area contributed by atoms with Gasteiger partial charge in [0.15, 0.2) is 0 Å². The first kappa shape index (κ1) is 11.3. The first-order valence-electron chi connectivity index (χ1n) is 6.11. The Morgan fingerprint density at radius 2 is 2.29 bits per heavy atom.